The minimum Gasteiger partial charge on any atom is -0.461 e. The van der Waals surface area contributed by atoms with Crippen LogP contribution in [-0.4, -0.2) is 11.6 Å². The summed E-state index contributed by atoms with van der Waals surface area (Å²) in [7, 11) is 0. The first-order valence-corrected chi connectivity index (χ1v) is 10.1. The molecule has 31 heavy (non-hydrogen) atoms. The van der Waals surface area contributed by atoms with E-state index in [1.807, 2.05) is 38.1 Å². The van der Waals surface area contributed by atoms with Crippen LogP contribution in [0.25, 0.3) is 11.0 Å². The summed E-state index contributed by atoms with van der Waals surface area (Å²) in [5, 5.41) is 3.63. The maximum absolute atomic E-state index is 13.6. The van der Waals surface area contributed by atoms with Gasteiger partial charge in [-0.1, -0.05) is 42.5 Å². The SMILES string of the molecule is CC(=O)C1=C(C)NC(C)=C(C(=O)c2ccccc2)C1c1cccc2c(=O)cc(C)oc12. The van der Waals surface area contributed by atoms with Gasteiger partial charge in [0, 0.05) is 45.7 Å². The topological polar surface area (TPSA) is 76.4 Å². The lowest BCUT2D eigenvalue weighted by atomic mass is 9.76. The lowest BCUT2D eigenvalue weighted by Gasteiger charge is -2.31. The van der Waals surface area contributed by atoms with Gasteiger partial charge in [0.25, 0.3) is 0 Å². The number of aryl methyl sites for hydroxylation is 1. The number of carbonyl (C=O) groups is 2. The van der Waals surface area contributed by atoms with E-state index in [1.165, 1.54) is 13.0 Å². The number of carbonyl (C=O) groups excluding carboxylic acids is 2. The Hall–Kier alpha value is -3.73. The van der Waals surface area contributed by atoms with E-state index in [2.05, 4.69) is 5.32 Å². The lowest BCUT2D eigenvalue weighted by molar-refractivity contribution is -0.113. The van der Waals surface area contributed by atoms with Gasteiger partial charge in [-0.15, -0.1) is 0 Å². The summed E-state index contributed by atoms with van der Waals surface area (Å²) in [6.45, 7) is 6.86. The Morgan fingerprint density at radius 3 is 2.26 bits per heavy atom. The molecule has 1 atom stereocenters. The fourth-order valence-corrected chi connectivity index (χ4v) is 4.36. The van der Waals surface area contributed by atoms with Crippen LogP contribution in [0.2, 0.25) is 0 Å². The molecule has 1 N–H and O–H groups in total. The van der Waals surface area contributed by atoms with Crippen LogP contribution in [0.3, 0.4) is 0 Å². The third kappa shape index (κ3) is 3.52. The molecule has 156 valence electrons. The molecule has 0 fully saturated rings. The molecule has 0 radical (unpaired) electrons. The van der Waals surface area contributed by atoms with E-state index in [-0.39, 0.29) is 17.0 Å². The van der Waals surface area contributed by atoms with Crippen LogP contribution in [-0.2, 0) is 4.79 Å². The number of Topliss-reactive ketones (excluding diaryl/α,β-unsaturated/α-hetero) is 2. The van der Waals surface area contributed by atoms with Gasteiger partial charge in [-0.25, -0.2) is 0 Å². The van der Waals surface area contributed by atoms with Crippen molar-refractivity contribution in [2.24, 2.45) is 0 Å². The van der Waals surface area contributed by atoms with E-state index < -0.39 is 5.92 Å². The van der Waals surface area contributed by atoms with Gasteiger partial charge in [-0.2, -0.15) is 0 Å². The van der Waals surface area contributed by atoms with Crippen LogP contribution in [0.5, 0.6) is 0 Å². The Morgan fingerprint density at radius 1 is 0.903 bits per heavy atom. The number of rotatable bonds is 4. The third-order valence-electron chi connectivity index (χ3n) is 5.64. The van der Waals surface area contributed by atoms with Crippen molar-refractivity contribution in [2.45, 2.75) is 33.6 Å². The standard InChI is InChI=1S/C26H23NO4/c1-14-13-21(29)19-11-8-12-20(26(19)31-14)24-22(17(4)28)15(2)27-16(3)23(24)25(30)18-9-6-5-7-10-18/h5-13,24,27H,1-4H3. The van der Waals surface area contributed by atoms with Crippen molar-refractivity contribution in [3.63, 3.8) is 0 Å². The Kier molecular flexibility index (Phi) is 5.19. The lowest BCUT2D eigenvalue weighted by Crippen LogP contribution is -2.30. The van der Waals surface area contributed by atoms with Crippen molar-refractivity contribution >= 4 is 22.5 Å². The summed E-state index contributed by atoms with van der Waals surface area (Å²) in [5.74, 6) is -0.498. The molecule has 0 bridgehead atoms. The molecule has 0 aliphatic carbocycles. The maximum Gasteiger partial charge on any atom is 0.192 e. The fourth-order valence-electron chi connectivity index (χ4n) is 4.36. The second-order valence-corrected chi connectivity index (χ2v) is 7.83. The Balaban J connectivity index is 2.05. The van der Waals surface area contributed by atoms with Crippen LogP contribution in [0.4, 0.5) is 0 Å². The second kappa shape index (κ2) is 7.84. The van der Waals surface area contributed by atoms with Gasteiger partial charge in [-0.05, 0) is 33.8 Å². The monoisotopic (exact) mass is 413 g/mol. The summed E-state index contributed by atoms with van der Waals surface area (Å²) in [4.78, 5) is 38.9. The largest absolute Gasteiger partial charge is 0.461 e. The number of fused-ring (bicyclic) bond motifs is 1. The van der Waals surface area contributed by atoms with Crippen molar-refractivity contribution in [3.8, 4) is 0 Å². The second-order valence-electron chi connectivity index (χ2n) is 7.83. The number of allylic oxidation sites excluding steroid dienone is 4. The van der Waals surface area contributed by atoms with E-state index in [4.69, 9.17) is 4.42 Å². The number of dihydropyridines is 1. The van der Waals surface area contributed by atoms with Gasteiger partial charge in [0.1, 0.15) is 11.3 Å². The number of nitrogens with one attached hydrogen (secondary N) is 1. The summed E-state index contributed by atoms with van der Waals surface area (Å²) >= 11 is 0. The molecule has 0 saturated carbocycles. The predicted molar refractivity (Wildman–Crippen MR) is 120 cm³/mol. The van der Waals surface area contributed by atoms with Crippen molar-refractivity contribution in [2.75, 3.05) is 0 Å². The van der Waals surface area contributed by atoms with Crippen molar-refractivity contribution in [3.05, 3.63) is 104 Å². The molecule has 2 heterocycles. The van der Waals surface area contributed by atoms with Crippen molar-refractivity contribution in [1.29, 1.82) is 0 Å². The zero-order chi connectivity index (χ0) is 22.3. The molecule has 5 nitrogen and oxygen atoms in total. The van der Waals surface area contributed by atoms with E-state index in [1.54, 1.807) is 31.2 Å². The highest BCUT2D eigenvalue weighted by Gasteiger charge is 2.36. The van der Waals surface area contributed by atoms with Gasteiger partial charge < -0.3 is 9.73 Å². The van der Waals surface area contributed by atoms with Crippen LogP contribution in [0.1, 0.15) is 48.4 Å². The number of benzene rings is 2. The highest BCUT2D eigenvalue weighted by molar-refractivity contribution is 6.13. The predicted octanol–water partition coefficient (Wildman–Crippen LogP) is 4.81. The summed E-state index contributed by atoms with van der Waals surface area (Å²) in [6, 6.07) is 15.7. The molecule has 1 aromatic heterocycles. The summed E-state index contributed by atoms with van der Waals surface area (Å²) < 4.78 is 5.97. The molecular weight excluding hydrogens is 390 g/mol. The van der Waals surface area contributed by atoms with E-state index in [0.29, 0.717) is 50.4 Å². The zero-order valence-corrected chi connectivity index (χ0v) is 17.9. The molecule has 1 aliphatic rings. The number of hydrogen-bond acceptors (Lipinski definition) is 5. The number of para-hydroxylation sites is 1. The molecule has 1 unspecified atom stereocenters. The van der Waals surface area contributed by atoms with Crippen LogP contribution < -0.4 is 10.7 Å². The normalized spacial score (nSPS) is 16.5. The van der Waals surface area contributed by atoms with Gasteiger partial charge in [-0.3, -0.25) is 14.4 Å². The number of hydrogen-bond donors (Lipinski definition) is 1. The molecular formula is C26H23NO4. The highest BCUT2D eigenvalue weighted by Crippen LogP contribution is 2.42. The van der Waals surface area contributed by atoms with Gasteiger partial charge in [0.2, 0.25) is 0 Å². The highest BCUT2D eigenvalue weighted by atomic mass is 16.3. The van der Waals surface area contributed by atoms with Crippen LogP contribution >= 0.6 is 0 Å². The first kappa shape index (κ1) is 20.5. The molecule has 0 spiro atoms. The average molecular weight is 413 g/mol. The Morgan fingerprint density at radius 2 is 1.58 bits per heavy atom. The summed E-state index contributed by atoms with van der Waals surface area (Å²) in [5.41, 5.74) is 3.72. The molecule has 0 saturated heterocycles. The van der Waals surface area contributed by atoms with Crippen molar-refractivity contribution in [1.82, 2.24) is 5.32 Å². The zero-order valence-electron chi connectivity index (χ0n) is 17.9. The minimum absolute atomic E-state index is 0.145. The Labute approximate surface area is 180 Å². The molecule has 2 aromatic carbocycles. The smallest absolute Gasteiger partial charge is 0.192 e. The fraction of sp³-hybridized carbons (Fsp3) is 0.192. The first-order chi connectivity index (χ1) is 14.8. The molecule has 5 heteroatoms. The van der Waals surface area contributed by atoms with Gasteiger partial charge in [0.15, 0.2) is 17.0 Å². The molecule has 1 aliphatic heterocycles. The minimum atomic E-state index is -0.653. The first-order valence-electron chi connectivity index (χ1n) is 10.1. The summed E-state index contributed by atoms with van der Waals surface area (Å²) in [6.07, 6.45) is 0. The maximum atomic E-state index is 13.6. The molecule has 0 amide bonds. The van der Waals surface area contributed by atoms with Crippen LogP contribution in [0, 0.1) is 6.92 Å². The van der Waals surface area contributed by atoms with Crippen molar-refractivity contribution < 1.29 is 14.0 Å². The van der Waals surface area contributed by atoms with Crippen LogP contribution in [0.15, 0.2) is 86.3 Å². The third-order valence-corrected chi connectivity index (χ3v) is 5.64. The van der Waals surface area contributed by atoms with E-state index >= 15 is 0 Å². The molecule has 3 aromatic rings. The number of ketones is 2. The van der Waals surface area contributed by atoms with Gasteiger partial charge in [0.05, 0.1) is 5.39 Å². The molecule has 4 rings (SSSR count). The van der Waals surface area contributed by atoms with Gasteiger partial charge >= 0.3 is 0 Å². The van der Waals surface area contributed by atoms with E-state index in [9.17, 15) is 14.4 Å². The quantitative estimate of drug-likeness (QED) is 0.621. The van der Waals surface area contributed by atoms with E-state index in [0.717, 1.165) is 0 Å². The average Bonchev–Trinajstić information content (AvgIpc) is 2.72. The Bertz CT molecular complexity index is 1340.